The van der Waals surface area contributed by atoms with Crippen molar-refractivity contribution in [3.63, 3.8) is 0 Å². The summed E-state index contributed by atoms with van der Waals surface area (Å²) in [5.74, 6) is -0.223. The number of benzene rings is 2. The molecule has 0 aliphatic carbocycles. The molecule has 0 radical (unpaired) electrons. The molecule has 0 saturated heterocycles. The third-order valence-electron chi connectivity index (χ3n) is 4.34. The first-order chi connectivity index (χ1) is 11.9. The van der Waals surface area contributed by atoms with Gasteiger partial charge >= 0.3 is 0 Å². The number of nitrogens with zero attached hydrogens (tertiary/aromatic N) is 2. The second-order valence-electron chi connectivity index (χ2n) is 5.84. The van der Waals surface area contributed by atoms with Gasteiger partial charge in [0.15, 0.2) is 0 Å². The van der Waals surface area contributed by atoms with Crippen molar-refractivity contribution >= 4 is 34.1 Å². The van der Waals surface area contributed by atoms with Crippen LogP contribution in [0.3, 0.4) is 0 Å². The Balaban J connectivity index is 1.95. The number of carbonyl (C=O) groups excluding carboxylic acids is 1. The van der Waals surface area contributed by atoms with Crippen LogP contribution in [0.2, 0.25) is 5.02 Å². The molecule has 1 atom stereocenters. The lowest BCUT2D eigenvalue weighted by Crippen LogP contribution is -2.29. The topological polar surface area (TPSA) is 79.2 Å². The molecule has 1 amide bonds. The molecule has 2 aromatic carbocycles. The molecular weight excluding hydrogens is 342 g/mol. The SMILES string of the molecule is CC(c1cccc(Cl)c1)N(C)C(=O)c1c[nH]c2ccc([N+](=O)[O-])cc12. The van der Waals surface area contributed by atoms with Gasteiger partial charge in [0, 0.05) is 41.3 Å². The van der Waals surface area contributed by atoms with E-state index >= 15 is 0 Å². The molecule has 25 heavy (non-hydrogen) atoms. The van der Waals surface area contributed by atoms with Crippen LogP contribution in [0.5, 0.6) is 0 Å². The molecule has 1 aromatic heterocycles. The maximum absolute atomic E-state index is 12.9. The number of hydrogen-bond acceptors (Lipinski definition) is 3. The molecule has 1 heterocycles. The highest BCUT2D eigenvalue weighted by Gasteiger charge is 2.22. The van der Waals surface area contributed by atoms with Gasteiger partial charge in [-0.25, -0.2) is 0 Å². The van der Waals surface area contributed by atoms with Crippen LogP contribution in [0, 0.1) is 10.1 Å². The molecule has 7 heteroatoms. The molecule has 0 aliphatic rings. The normalized spacial score (nSPS) is 12.1. The molecule has 128 valence electrons. The molecule has 0 fully saturated rings. The Hall–Kier alpha value is -2.86. The quantitative estimate of drug-likeness (QED) is 0.549. The molecular formula is C18H16ClN3O3. The summed E-state index contributed by atoms with van der Waals surface area (Å²) >= 11 is 6.03. The molecule has 0 aliphatic heterocycles. The van der Waals surface area contributed by atoms with Gasteiger partial charge in [-0.1, -0.05) is 23.7 Å². The minimum Gasteiger partial charge on any atom is -0.360 e. The monoisotopic (exact) mass is 357 g/mol. The number of hydrogen-bond donors (Lipinski definition) is 1. The summed E-state index contributed by atoms with van der Waals surface area (Å²) in [5, 5.41) is 12.1. The maximum Gasteiger partial charge on any atom is 0.270 e. The first kappa shape index (κ1) is 17.0. The number of non-ortho nitro benzene ring substituents is 1. The molecule has 3 aromatic rings. The Morgan fingerprint density at radius 2 is 2.04 bits per heavy atom. The van der Waals surface area contributed by atoms with E-state index in [9.17, 15) is 14.9 Å². The van der Waals surface area contributed by atoms with Crippen molar-refractivity contribution in [3.05, 3.63) is 74.9 Å². The van der Waals surface area contributed by atoms with Gasteiger partial charge in [0.2, 0.25) is 0 Å². The summed E-state index contributed by atoms with van der Waals surface area (Å²) in [5.41, 5.74) is 1.94. The standard InChI is InChI=1S/C18H16ClN3O3/c1-11(12-4-3-5-13(19)8-12)21(2)18(23)16-10-20-17-7-6-14(22(24)25)9-15(16)17/h3-11,20H,1-2H3. The fraction of sp³-hybridized carbons (Fsp3) is 0.167. The number of halogens is 1. The Kier molecular flexibility index (Phi) is 4.46. The van der Waals surface area contributed by atoms with Gasteiger partial charge in [0.25, 0.3) is 11.6 Å². The second-order valence-corrected chi connectivity index (χ2v) is 6.27. The zero-order chi connectivity index (χ0) is 18.1. The van der Waals surface area contributed by atoms with Crippen LogP contribution in [0.25, 0.3) is 10.9 Å². The van der Waals surface area contributed by atoms with Gasteiger partial charge in [0.05, 0.1) is 16.5 Å². The van der Waals surface area contributed by atoms with E-state index in [0.29, 0.717) is 21.5 Å². The predicted molar refractivity (Wildman–Crippen MR) is 96.9 cm³/mol. The van der Waals surface area contributed by atoms with E-state index in [1.165, 1.54) is 12.1 Å². The summed E-state index contributed by atoms with van der Waals surface area (Å²) < 4.78 is 0. The average molecular weight is 358 g/mol. The Morgan fingerprint density at radius 1 is 1.28 bits per heavy atom. The number of H-pyrrole nitrogens is 1. The van der Waals surface area contributed by atoms with Crippen molar-refractivity contribution in [2.45, 2.75) is 13.0 Å². The van der Waals surface area contributed by atoms with Crippen LogP contribution in [-0.2, 0) is 0 Å². The van der Waals surface area contributed by atoms with Crippen LogP contribution in [0.4, 0.5) is 5.69 Å². The minimum absolute atomic E-state index is 0.0494. The smallest absolute Gasteiger partial charge is 0.270 e. The minimum atomic E-state index is -0.473. The number of fused-ring (bicyclic) bond motifs is 1. The van der Waals surface area contributed by atoms with E-state index in [1.807, 2.05) is 25.1 Å². The van der Waals surface area contributed by atoms with E-state index in [1.54, 1.807) is 30.3 Å². The number of rotatable bonds is 4. The molecule has 0 spiro atoms. The molecule has 6 nitrogen and oxygen atoms in total. The van der Waals surface area contributed by atoms with Gasteiger partial charge in [-0.3, -0.25) is 14.9 Å². The fourth-order valence-corrected chi connectivity index (χ4v) is 2.95. The number of amides is 1. The summed E-state index contributed by atoms with van der Waals surface area (Å²) in [6.45, 7) is 1.90. The number of carbonyl (C=O) groups is 1. The van der Waals surface area contributed by atoms with Crippen LogP contribution in [0.1, 0.15) is 28.9 Å². The Bertz CT molecular complexity index is 967. The van der Waals surface area contributed by atoms with Gasteiger partial charge in [-0.05, 0) is 30.7 Å². The van der Waals surface area contributed by atoms with E-state index in [-0.39, 0.29) is 17.6 Å². The molecule has 1 N–H and O–H groups in total. The Morgan fingerprint density at radius 3 is 2.72 bits per heavy atom. The Labute approximate surface area is 149 Å². The molecule has 0 bridgehead atoms. The van der Waals surface area contributed by atoms with E-state index in [4.69, 9.17) is 11.6 Å². The first-order valence-corrected chi connectivity index (χ1v) is 8.04. The third-order valence-corrected chi connectivity index (χ3v) is 4.57. The van der Waals surface area contributed by atoms with Crippen molar-refractivity contribution in [2.75, 3.05) is 7.05 Å². The van der Waals surface area contributed by atoms with Crippen LogP contribution >= 0.6 is 11.6 Å². The van der Waals surface area contributed by atoms with E-state index < -0.39 is 4.92 Å². The predicted octanol–water partition coefficient (Wildman–Crippen LogP) is 4.56. The second kappa shape index (κ2) is 6.57. The number of nitrogens with one attached hydrogen (secondary N) is 1. The number of aromatic amines is 1. The van der Waals surface area contributed by atoms with Crippen molar-refractivity contribution in [2.24, 2.45) is 0 Å². The zero-order valence-electron chi connectivity index (χ0n) is 13.7. The van der Waals surface area contributed by atoms with E-state index in [2.05, 4.69) is 4.98 Å². The summed E-state index contributed by atoms with van der Waals surface area (Å²) in [6, 6.07) is 11.6. The third kappa shape index (κ3) is 3.21. The number of aromatic nitrogens is 1. The fourth-order valence-electron chi connectivity index (χ4n) is 2.76. The molecule has 0 saturated carbocycles. The highest BCUT2D eigenvalue weighted by Crippen LogP contribution is 2.28. The average Bonchev–Trinajstić information content (AvgIpc) is 3.02. The zero-order valence-corrected chi connectivity index (χ0v) is 14.4. The summed E-state index contributed by atoms with van der Waals surface area (Å²) in [6.07, 6.45) is 1.58. The van der Waals surface area contributed by atoms with Crippen LogP contribution in [-0.4, -0.2) is 27.8 Å². The summed E-state index contributed by atoms with van der Waals surface area (Å²) in [7, 11) is 1.70. The van der Waals surface area contributed by atoms with Crippen molar-refractivity contribution in [1.29, 1.82) is 0 Å². The number of nitro groups is 1. The molecule has 1 unspecified atom stereocenters. The van der Waals surface area contributed by atoms with Gasteiger partial charge in [0.1, 0.15) is 0 Å². The lowest BCUT2D eigenvalue weighted by molar-refractivity contribution is -0.384. The van der Waals surface area contributed by atoms with E-state index in [0.717, 1.165) is 5.56 Å². The molecule has 3 rings (SSSR count). The lowest BCUT2D eigenvalue weighted by Gasteiger charge is -2.25. The van der Waals surface area contributed by atoms with Gasteiger partial charge < -0.3 is 9.88 Å². The summed E-state index contributed by atoms with van der Waals surface area (Å²) in [4.78, 5) is 28.0. The van der Waals surface area contributed by atoms with Crippen LogP contribution in [0.15, 0.2) is 48.7 Å². The van der Waals surface area contributed by atoms with Crippen LogP contribution < -0.4 is 0 Å². The lowest BCUT2D eigenvalue weighted by atomic mass is 10.1. The number of nitro benzene ring substituents is 1. The van der Waals surface area contributed by atoms with Gasteiger partial charge in [-0.2, -0.15) is 0 Å². The van der Waals surface area contributed by atoms with Crippen molar-refractivity contribution < 1.29 is 9.72 Å². The van der Waals surface area contributed by atoms with Crippen molar-refractivity contribution in [3.8, 4) is 0 Å². The first-order valence-electron chi connectivity index (χ1n) is 7.66. The highest BCUT2D eigenvalue weighted by atomic mass is 35.5. The van der Waals surface area contributed by atoms with Crippen molar-refractivity contribution in [1.82, 2.24) is 9.88 Å². The largest absolute Gasteiger partial charge is 0.360 e. The maximum atomic E-state index is 12.9. The van der Waals surface area contributed by atoms with Gasteiger partial charge in [-0.15, -0.1) is 0 Å². The highest BCUT2D eigenvalue weighted by molar-refractivity contribution is 6.30.